The maximum atomic E-state index is 13.3. The summed E-state index contributed by atoms with van der Waals surface area (Å²) in [5.74, 6) is -9.94. The third-order valence-electron chi connectivity index (χ3n) is 3.54. The molecule has 2 rings (SSSR count). The molecule has 2 amide bonds. The van der Waals surface area contributed by atoms with Crippen LogP contribution in [-0.4, -0.2) is 42.5 Å². The van der Waals surface area contributed by atoms with Crippen molar-refractivity contribution < 1.29 is 36.7 Å². The Balaban J connectivity index is 2.42. The molecule has 0 bridgehead atoms. The van der Waals surface area contributed by atoms with Gasteiger partial charge in [0.25, 0.3) is 5.91 Å². The minimum atomic E-state index is -3.70. The Morgan fingerprint density at radius 2 is 1.70 bits per heavy atom. The molecule has 158 valence electrons. The lowest BCUT2D eigenvalue weighted by Gasteiger charge is -2.12. The first-order chi connectivity index (χ1) is 13.9. The summed E-state index contributed by atoms with van der Waals surface area (Å²) in [5, 5.41) is 8.48. The topological polar surface area (TPSA) is 143 Å². The lowest BCUT2D eigenvalue weighted by molar-refractivity contribution is -0.135. The van der Waals surface area contributed by atoms with Gasteiger partial charge in [0.05, 0.1) is 4.90 Å². The molecule has 3 N–H and O–H groups in total. The first-order valence-corrected chi connectivity index (χ1v) is 10.0. The smallest absolute Gasteiger partial charge is 0.368 e. The van der Waals surface area contributed by atoms with Crippen molar-refractivity contribution >= 4 is 39.2 Å². The zero-order valence-corrected chi connectivity index (χ0v) is 16.5. The summed E-state index contributed by atoms with van der Waals surface area (Å²) in [7, 11) is -3.70. The van der Waals surface area contributed by atoms with Crippen LogP contribution >= 0.6 is 11.6 Å². The van der Waals surface area contributed by atoms with Gasteiger partial charge in [0.1, 0.15) is 5.69 Å². The highest BCUT2D eigenvalue weighted by Crippen LogP contribution is 2.31. The molecule has 0 aliphatic carbocycles. The van der Waals surface area contributed by atoms with Crippen molar-refractivity contribution in [3.8, 4) is 11.1 Å². The van der Waals surface area contributed by atoms with Gasteiger partial charge >= 0.3 is 11.9 Å². The van der Waals surface area contributed by atoms with Crippen LogP contribution in [0.25, 0.3) is 11.1 Å². The van der Waals surface area contributed by atoms with Gasteiger partial charge in [-0.05, 0) is 12.1 Å². The van der Waals surface area contributed by atoms with Crippen molar-refractivity contribution in [1.82, 2.24) is 15.8 Å². The number of sulfone groups is 1. The number of aromatic nitrogens is 1. The fourth-order valence-corrected chi connectivity index (χ4v) is 2.95. The van der Waals surface area contributed by atoms with E-state index < -0.39 is 45.0 Å². The van der Waals surface area contributed by atoms with Gasteiger partial charge in [-0.15, -0.1) is 0 Å². The summed E-state index contributed by atoms with van der Waals surface area (Å²) in [6, 6.07) is 7.23. The SMILES string of the molecule is CS(=O)(=O)c1cnc(C(=O)NNC(=O)/C(F)=C(/F)C(=O)O)c(-c2ccccc2Cl)c1. The number of hydrogen-bond acceptors (Lipinski definition) is 6. The number of nitrogens with one attached hydrogen (secondary N) is 2. The molecule has 0 atom stereocenters. The van der Waals surface area contributed by atoms with Crippen molar-refractivity contribution in [1.29, 1.82) is 0 Å². The Bertz CT molecular complexity index is 1180. The molecule has 30 heavy (non-hydrogen) atoms. The highest BCUT2D eigenvalue weighted by molar-refractivity contribution is 7.90. The van der Waals surface area contributed by atoms with Gasteiger partial charge in [-0.3, -0.25) is 20.4 Å². The highest BCUT2D eigenvalue weighted by atomic mass is 35.5. The number of rotatable bonds is 5. The minimum absolute atomic E-state index is 0.0250. The number of aliphatic carboxylic acids is 1. The molecule has 9 nitrogen and oxygen atoms in total. The van der Waals surface area contributed by atoms with Crippen molar-refractivity contribution in [2.75, 3.05) is 6.26 Å². The lowest BCUT2D eigenvalue weighted by atomic mass is 10.0. The molecule has 0 radical (unpaired) electrons. The second-order valence-corrected chi connectivity index (χ2v) is 8.08. The van der Waals surface area contributed by atoms with E-state index in [-0.39, 0.29) is 21.0 Å². The van der Waals surface area contributed by atoms with Crippen molar-refractivity contribution in [2.24, 2.45) is 0 Å². The zero-order valence-electron chi connectivity index (χ0n) is 14.9. The van der Waals surface area contributed by atoms with Gasteiger partial charge in [0.15, 0.2) is 9.84 Å². The molecular formula is C17H12ClF2N3O6S. The summed E-state index contributed by atoms with van der Waals surface area (Å²) in [5.41, 5.74) is 3.03. The van der Waals surface area contributed by atoms with Gasteiger partial charge in [-0.2, -0.15) is 8.78 Å². The molecule has 0 aliphatic heterocycles. The summed E-state index contributed by atoms with van der Waals surface area (Å²) in [6.07, 6.45) is 1.81. The van der Waals surface area contributed by atoms with E-state index in [9.17, 15) is 31.6 Å². The van der Waals surface area contributed by atoms with Gasteiger partial charge in [0.2, 0.25) is 11.7 Å². The zero-order chi connectivity index (χ0) is 22.6. The molecule has 1 heterocycles. The molecule has 1 aromatic carbocycles. The maximum absolute atomic E-state index is 13.3. The van der Waals surface area contributed by atoms with E-state index >= 15 is 0 Å². The number of hydrazine groups is 1. The molecule has 0 fully saturated rings. The van der Waals surface area contributed by atoms with E-state index in [4.69, 9.17) is 16.7 Å². The van der Waals surface area contributed by atoms with Crippen LogP contribution in [-0.2, 0) is 19.4 Å². The third-order valence-corrected chi connectivity index (χ3v) is 4.95. The second kappa shape index (κ2) is 8.97. The molecule has 2 aromatic rings. The number of halogens is 3. The molecule has 0 aliphatic rings. The number of hydrogen-bond donors (Lipinski definition) is 3. The number of carboxylic acid groups (broad SMARTS) is 1. The van der Waals surface area contributed by atoms with Crippen LogP contribution in [0.1, 0.15) is 10.5 Å². The third kappa shape index (κ3) is 5.15. The predicted molar refractivity (Wildman–Crippen MR) is 100 cm³/mol. The average molecular weight is 460 g/mol. The Morgan fingerprint density at radius 3 is 2.27 bits per heavy atom. The fourth-order valence-electron chi connectivity index (χ4n) is 2.14. The van der Waals surface area contributed by atoms with Crippen LogP contribution in [0.5, 0.6) is 0 Å². The predicted octanol–water partition coefficient (Wildman–Crippen LogP) is 1.80. The van der Waals surface area contributed by atoms with Gasteiger partial charge < -0.3 is 5.11 Å². The van der Waals surface area contributed by atoms with E-state index in [0.29, 0.717) is 0 Å². The van der Waals surface area contributed by atoms with Crippen molar-refractivity contribution in [2.45, 2.75) is 4.90 Å². The first kappa shape index (κ1) is 22.9. The Hall–Kier alpha value is -3.38. The number of amides is 2. The quantitative estimate of drug-likeness (QED) is 0.457. The largest absolute Gasteiger partial charge is 0.476 e. The number of nitrogens with zero attached hydrogens (tertiary/aromatic N) is 1. The molecule has 0 unspecified atom stereocenters. The van der Waals surface area contributed by atoms with Crippen LogP contribution in [0, 0.1) is 0 Å². The van der Waals surface area contributed by atoms with Crippen molar-refractivity contribution in [3.05, 3.63) is 58.9 Å². The number of carbonyl (C=O) groups excluding carboxylic acids is 2. The van der Waals surface area contributed by atoms with Crippen LogP contribution in [0.3, 0.4) is 0 Å². The van der Waals surface area contributed by atoms with E-state index in [2.05, 4.69) is 4.98 Å². The number of benzene rings is 1. The van der Waals surface area contributed by atoms with Gasteiger partial charge in [-0.25, -0.2) is 18.2 Å². The molecule has 0 saturated carbocycles. The summed E-state index contributed by atoms with van der Waals surface area (Å²) >= 11 is 6.10. The Kier molecular flexibility index (Phi) is 6.84. The average Bonchev–Trinajstić information content (AvgIpc) is 2.69. The van der Waals surface area contributed by atoms with Crippen molar-refractivity contribution in [3.63, 3.8) is 0 Å². The molecular weight excluding hydrogens is 448 g/mol. The number of carboxylic acids is 1. The minimum Gasteiger partial charge on any atom is -0.476 e. The fraction of sp³-hybridized carbons (Fsp3) is 0.0588. The van der Waals surface area contributed by atoms with Crippen LogP contribution in [0.2, 0.25) is 5.02 Å². The Morgan fingerprint density at radius 1 is 1.07 bits per heavy atom. The molecule has 13 heteroatoms. The molecule has 1 aromatic heterocycles. The summed E-state index contributed by atoms with van der Waals surface area (Å²) in [6.45, 7) is 0. The van der Waals surface area contributed by atoms with E-state index in [1.165, 1.54) is 17.6 Å². The number of carbonyl (C=O) groups is 3. The first-order valence-electron chi connectivity index (χ1n) is 7.77. The van der Waals surface area contributed by atoms with E-state index in [1.807, 2.05) is 0 Å². The van der Waals surface area contributed by atoms with Gasteiger partial charge in [-0.1, -0.05) is 29.8 Å². The monoisotopic (exact) mass is 459 g/mol. The number of pyridine rings is 1. The van der Waals surface area contributed by atoms with Crippen LogP contribution in [0.4, 0.5) is 8.78 Å². The molecule has 0 saturated heterocycles. The van der Waals surface area contributed by atoms with Crippen LogP contribution < -0.4 is 10.9 Å². The molecule has 0 spiro atoms. The van der Waals surface area contributed by atoms with E-state index in [1.54, 1.807) is 17.6 Å². The summed E-state index contributed by atoms with van der Waals surface area (Å²) in [4.78, 5) is 37.7. The maximum Gasteiger partial charge on any atom is 0.368 e. The van der Waals surface area contributed by atoms with Crippen LogP contribution in [0.15, 0.2) is 53.1 Å². The second-order valence-electron chi connectivity index (χ2n) is 5.66. The summed E-state index contributed by atoms with van der Waals surface area (Å²) < 4.78 is 49.9. The normalized spacial score (nSPS) is 12.0. The van der Waals surface area contributed by atoms with Gasteiger partial charge in [0, 0.05) is 28.6 Å². The lowest BCUT2D eigenvalue weighted by Crippen LogP contribution is -2.42. The standard InChI is InChI=1S/C17H12ClF2N3O6S/c1-30(28,29)8-6-10(9-4-2-3-5-11(9)18)14(21-7-8)16(25)23-22-15(24)12(19)13(20)17(26)27/h2-7H,1H3,(H,22,24)(H,23,25)(H,26,27)/b13-12-. The highest BCUT2D eigenvalue weighted by Gasteiger charge is 2.24. The Labute approximate surface area is 173 Å². The van der Waals surface area contributed by atoms with E-state index in [0.717, 1.165) is 18.5 Å².